The highest BCUT2D eigenvalue weighted by Crippen LogP contribution is 2.25. The van der Waals surface area contributed by atoms with Crippen LogP contribution in [0.3, 0.4) is 0 Å². The van der Waals surface area contributed by atoms with Crippen LogP contribution in [0.25, 0.3) is 11.0 Å². The van der Waals surface area contributed by atoms with Crippen molar-refractivity contribution in [2.45, 2.75) is 26.7 Å². The maximum absolute atomic E-state index is 11.3. The van der Waals surface area contributed by atoms with Gasteiger partial charge in [-0.25, -0.2) is 4.98 Å². The van der Waals surface area contributed by atoms with E-state index in [9.17, 15) is 4.79 Å². The van der Waals surface area contributed by atoms with E-state index in [0.29, 0.717) is 11.6 Å². The van der Waals surface area contributed by atoms with Crippen molar-refractivity contribution >= 4 is 16.8 Å². The number of rotatable bonds is 2. The quantitative estimate of drug-likeness (QED) is 0.723. The van der Waals surface area contributed by atoms with E-state index in [0.717, 1.165) is 11.0 Å². The third-order valence-corrected chi connectivity index (χ3v) is 2.84. The molecule has 0 radical (unpaired) electrons. The molecule has 0 atom stereocenters. The predicted molar refractivity (Wildman–Crippen MR) is 64.8 cm³/mol. The molecule has 0 N–H and O–H groups in total. The SMILES string of the molecule is CC(=O)c1ccc2c(n1)c(C(C)C)cn2C. The number of Topliss-reactive ketones (excluding diaryl/α,β-unsaturated/α-hetero) is 1. The Morgan fingerprint density at radius 2 is 2.06 bits per heavy atom. The van der Waals surface area contributed by atoms with E-state index in [1.54, 1.807) is 13.0 Å². The van der Waals surface area contributed by atoms with Gasteiger partial charge in [0, 0.05) is 20.2 Å². The van der Waals surface area contributed by atoms with E-state index < -0.39 is 0 Å². The first-order chi connectivity index (χ1) is 7.50. The lowest BCUT2D eigenvalue weighted by Crippen LogP contribution is -1.97. The molecular weight excluding hydrogens is 200 g/mol. The Balaban J connectivity index is 2.74. The molecule has 0 saturated heterocycles. The van der Waals surface area contributed by atoms with Crippen LogP contribution in [-0.4, -0.2) is 15.3 Å². The van der Waals surface area contributed by atoms with Crippen molar-refractivity contribution in [1.29, 1.82) is 0 Å². The summed E-state index contributed by atoms with van der Waals surface area (Å²) in [7, 11) is 2.00. The average molecular weight is 216 g/mol. The number of nitrogens with zero attached hydrogens (tertiary/aromatic N) is 2. The Kier molecular flexibility index (Phi) is 2.54. The molecule has 0 bridgehead atoms. The van der Waals surface area contributed by atoms with Crippen LogP contribution in [-0.2, 0) is 7.05 Å². The first kappa shape index (κ1) is 10.9. The zero-order chi connectivity index (χ0) is 11.9. The lowest BCUT2D eigenvalue weighted by atomic mass is 10.1. The number of aromatic nitrogens is 2. The van der Waals surface area contributed by atoms with Crippen LogP contribution in [0.15, 0.2) is 18.3 Å². The maximum Gasteiger partial charge on any atom is 0.178 e. The molecule has 0 saturated carbocycles. The van der Waals surface area contributed by atoms with Crippen LogP contribution in [0.1, 0.15) is 42.7 Å². The minimum absolute atomic E-state index is 0.0143. The zero-order valence-electron chi connectivity index (χ0n) is 10.1. The largest absolute Gasteiger partial charge is 0.349 e. The minimum Gasteiger partial charge on any atom is -0.349 e. The summed E-state index contributed by atoms with van der Waals surface area (Å²) in [4.78, 5) is 15.8. The lowest BCUT2D eigenvalue weighted by Gasteiger charge is -2.02. The Hall–Kier alpha value is -1.64. The molecular formula is C13H16N2O. The van der Waals surface area contributed by atoms with Gasteiger partial charge in [0.15, 0.2) is 5.78 Å². The molecule has 0 amide bonds. The van der Waals surface area contributed by atoms with Gasteiger partial charge in [-0.3, -0.25) is 4.79 Å². The summed E-state index contributed by atoms with van der Waals surface area (Å²) in [5.41, 5.74) is 3.76. The van der Waals surface area contributed by atoms with Gasteiger partial charge in [-0.05, 0) is 23.6 Å². The zero-order valence-corrected chi connectivity index (χ0v) is 10.1. The summed E-state index contributed by atoms with van der Waals surface area (Å²) in [6, 6.07) is 3.75. The van der Waals surface area contributed by atoms with Gasteiger partial charge in [-0.15, -0.1) is 0 Å². The number of fused-ring (bicyclic) bond motifs is 1. The van der Waals surface area contributed by atoms with Gasteiger partial charge in [0.25, 0.3) is 0 Å². The monoisotopic (exact) mass is 216 g/mol. The summed E-state index contributed by atoms with van der Waals surface area (Å²) < 4.78 is 2.06. The first-order valence-corrected chi connectivity index (χ1v) is 5.47. The molecule has 0 spiro atoms. The van der Waals surface area contributed by atoms with Gasteiger partial charge in [-0.2, -0.15) is 0 Å². The molecule has 0 unspecified atom stereocenters. The number of hydrogen-bond donors (Lipinski definition) is 0. The Morgan fingerprint density at radius 1 is 1.38 bits per heavy atom. The van der Waals surface area contributed by atoms with Crippen molar-refractivity contribution in [2.75, 3.05) is 0 Å². The van der Waals surface area contributed by atoms with Crippen LogP contribution < -0.4 is 0 Å². The minimum atomic E-state index is 0.0143. The van der Waals surface area contributed by atoms with Crippen molar-refractivity contribution in [1.82, 2.24) is 9.55 Å². The van der Waals surface area contributed by atoms with Gasteiger partial charge < -0.3 is 4.57 Å². The number of carbonyl (C=O) groups is 1. The predicted octanol–water partition coefficient (Wildman–Crippen LogP) is 2.90. The van der Waals surface area contributed by atoms with Gasteiger partial charge in [0.2, 0.25) is 0 Å². The van der Waals surface area contributed by atoms with E-state index in [1.165, 1.54) is 5.56 Å². The third kappa shape index (κ3) is 1.62. The fourth-order valence-electron chi connectivity index (χ4n) is 1.91. The highest BCUT2D eigenvalue weighted by Gasteiger charge is 2.12. The topological polar surface area (TPSA) is 34.9 Å². The fourth-order valence-corrected chi connectivity index (χ4v) is 1.91. The van der Waals surface area contributed by atoms with E-state index in [4.69, 9.17) is 0 Å². The molecule has 84 valence electrons. The van der Waals surface area contributed by atoms with Crippen molar-refractivity contribution in [3.05, 3.63) is 29.6 Å². The lowest BCUT2D eigenvalue weighted by molar-refractivity contribution is 0.101. The first-order valence-electron chi connectivity index (χ1n) is 5.47. The van der Waals surface area contributed by atoms with E-state index in [1.807, 2.05) is 13.1 Å². The summed E-state index contributed by atoms with van der Waals surface area (Å²) >= 11 is 0. The number of aryl methyl sites for hydroxylation is 1. The molecule has 0 aliphatic heterocycles. The van der Waals surface area contributed by atoms with E-state index in [-0.39, 0.29) is 5.78 Å². The smallest absolute Gasteiger partial charge is 0.178 e. The summed E-state index contributed by atoms with van der Waals surface area (Å²) in [6.07, 6.45) is 2.09. The molecule has 2 heterocycles. The summed E-state index contributed by atoms with van der Waals surface area (Å²) in [5, 5.41) is 0. The van der Waals surface area contributed by atoms with E-state index >= 15 is 0 Å². The Morgan fingerprint density at radius 3 is 2.62 bits per heavy atom. The second kappa shape index (κ2) is 3.74. The van der Waals surface area contributed by atoms with Crippen LogP contribution in [0.4, 0.5) is 0 Å². The van der Waals surface area contributed by atoms with Crippen LogP contribution >= 0.6 is 0 Å². The van der Waals surface area contributed by atoms with Crippen molar-refractivity contribution in [2.24, 2.45) is 7.05 Å². The number of ketones is 1. The second-order valence-electron chi connectivity index (χ2n) is 4.47. The molecule has 0 aromatic carbocycles. The highest BCUT2D eigenvalue weighted by atomic mass is 16.1. The van der Waals surface area contributed by atoms with Gasteiger partial charge >= 0.3 is 0 Å². The second-order valence-corrected chi connectivity index (χ2v) is 4.47. The van der Waals surface area contributed by atoms with Gasteiger partial charge in [-0.1, -0.05) is 13.8 Å². The summed E-state index contributed by atoms with van der Waals surface area (Å²) in [5.74, 6) is 0.430. The molecule has 0 fully saturated rings. The normalized spacial score (nSPS) is 11.3. The van der Waals surface area contributed by atoms with Crippen LogP contribution in [0.2, 0.25) is 0 Å². The molecule has 3 heteroatoms. The summed E-state index contributed by atoms with van der Waals surface area (Å²) in [6.45, 7) is 5.82. The number of carbonyl (C=O) groups excluding carboxylic acids is 1. The molecule has 16 heavy (non-hydrogen) atoms. The molecule has 0 aliphatic rings. The standard InChI is InChI=1S/C13H16N2O/c1-8(2)10-7-15(4)12-6-5-11(9(3)16)14-13(10)12/h5-8H,1-4H3. The van der Waals surface area contributed by atoms with E-state index in [2.05, 4.69) is 29.6 Å². The van der Waals surface area contributed by atoms with Crippen molar-refractivity contribution < 1.29 is 4.79 Å². The molecule has 3 nitrogen and oxygen atoms in total. The van der Waals surface area contributed by atoms with Crippen LogP contribution in [0, 0.1) is 0 Å². The highest BCUT2D eigenvalue weighted by molar-refractivity contribution is 5.95. The van der Waals surface area contributed by atoms with Crippen LogP contribution in [0.5, 0.6) is 0 Å². The maximum atomic E-state index is 11.3. The third-order valence-electron chi connectivity index (χ3n) is 2.84. The fraction of sp³-hybridized carbons (Fsp3) is 0.385. The van der Waals surface area contributed by atoms with Gasteiger partial charge in [0.05, 0.1) is 11.0 Å². The molecule has 2 aromatic heterocycles. The Bertz CT molecular complexity index is 552. The molecule has 0 aliphatic carbocycles. The van der Waals surface area contributed by atoms with Crippen molar-refractivity contribution in [3.8, 4) is 0 Å². The molecule has 2 aromatic rings. The molecule has 2 rings (SSSR count). The van der Waals surface area contributed by atoms with Crippen molar-refractivity contribution in [3.63, 3.8) is 0 Å². The van der Waals surface area contributed by atoms with Gasteiger partial charge in [0.1, 0.15) is 5.69 Å². The Labute approximate surface area is 95.1 Å². The number of hydrogen-bond acceptors (Lipinski definition) is 2. The number of pyridine rings is 1. The average Bonchev–Trinajstić information content (AvgIpc) is 2.56.